The molecule has 0 saturated heterocycles. The van der Waals surface area contributed by atoms with Crippen LogP contribution < -0.4 is 4.90 Å². The summed E-state index contributed by atoms with van der Waals surface area (Å²) in [6, 6.07) is 7.71. The zero-order valence-electron chi connectivity index (χ0n) is 17.0. The molecule has 3 rings (SSSR count). The molecule has 0 fully saturated rings. The number of thiazole rings is 1. The predicted octanol–water partition coefficient (Wildman–Crippen LogP) is 5.02. The summed E-state index contributed by atoms with van der Waals surface area (Å²) in [5.74, 6) is 0.319. The van der Waals surface area contributed by atoms with Crippen LogP contribution in [0.3, 0.4) is 0 Å². The minimum atomic E-state index is -0.315. The summed E-state index contributed by atoms with van der Waals surface area (Å²) >= 11 is 1.35. The quantitative estimate of drug-likeness (QED) is 0.509. The number of aryl methyl sites for hydroxylation is 4. The summed E-state index contributed by atoms with van der Waals surface area (Å²) in [7, 11) is 0. The van der Waals surface area contributed by atoms with Crippen molar-refractivity contribution in [2.45, 2.75) is 47.1 Å². The molecule has 3 aromatic rings. The van der Waals surface area contributed by atoms with Crippen molar-refractivity contribution in [2.75, 3.05) is 4.90 Å². The van der Waals surface area contributed by atoms with Gasteiger partial charge in [-0.15, -0.1) is 11.3 Å². The van der Waals surface area contributed by atoms with Gasteiger partial charge in [-0.3, -0.25) is 14.5 Å². The topological polar surface area (TPSA) is 72.6 Å². The van der Waals surface area contributed by atoms with Crippen molar-refractivity contribution in [3.8, 4) is 0 Å². The van der Waals surface area contributed by atoms with Crippen LogP contribution in [-0.4, -0.2) is 16.9 Å². The number of nitrogens with zero attached hydrogens (tertiary/aromatic N) is 2. The number of amides is 1. The fourth-order valence-electron chi connectivity index (χ4n) is 3.28. The Morgan fingerprint density at radius 1 is 1.21 bits per heavy atom. The third kappa shape index (κ3) is 5.12. The Balaban J connectivity index is 1.68. The third-order valence-corrected chi connectivity index (χ3v) is 5.32. The Morgan fingerprint density at radius 2 is 1.93 bits per heavy atom. The Hall–Kier alpha value is -2.93. The monoisotopic (exact) mass is 412 g/mol. The van der Waals surface area contributed by atoms with E-state index in [4.69, 9.17) is 9.15 Å². The zero-order chi connectivity index (χ0) is 21.0. The smallest absolute Gasteiger partial charge is 0.306 e. The molecule has 0 atom stereocenters. The van der Waals surface area contributed by atoms with Gasteiger partial charge in [-0.1, -0.05) is 17.7 Å². The summed E-state index contributed by atoms with van der Waals surface area (Å²) in [4.78, 5) is 30.5. The lowest BCUT2D eigenvalue weighted by Gasteiger charge is -2.23. The molecule has 0 saturated carbocycles. The summed E-state index contributed by atoms with van der Waals surface area (Å²) in [6.07, 6.45) is 2.32. The van der Waals surface area contributed by atoms with Gasteiger partial charge in [-0.25, -0.2) is 4.98 Å². The van der Waals surface area contributed by atoms with Gasteiger partial charge in [0, 0.05) is 18.7 Å². The van der Waals surface area contributed by atoms with Crippen LogP contribution in [0.2, 0.25) is 0 Å². The fraction of sp³-hybridized carbons (Fsp3) is 0.318. The minimum absolute atomic E-state index is 0.0745. The van der Waals surface area contributed by atoms with Crippen molar-refractivity contribution in [2.24, 2.45) is 0 Å². The van der Waals surface area contributed by atoms with Gasteiger partial charge < -0.3 is 9.15 Å². The van der Waals surface area contributed by atoms with Crippen LogP contribution >= 0.6 is 11.3 Å². The highest BCUT2D eigenvalue weighted by Crippen LogP contribution is 2.34. The van der Waals surface area contributed by atoms with Crippen LogP contribution in [0.15, 0.2) is 40.3 Å². The van der Waals surface area contributed by atoms with Crippen molar-refractivity contribution in [1.29, 1.82) is 0 Å². The maximum Gasteiger partial charge on any atom is 0.306 e. The molecular weight excluding hydrogens is 388 g/mol. The molecule has 29 heavy (non-hydrogen) atoms. The number of ether oxygens (including phenoxy) is 1. The largest absolute Gasteiger partial charge is 0.469 e. The maximum atomic E-state index is 12.4. The number of carbonyl (C=O) groups is 2. The van der Waals surface area contributed by atoms with Gasteiger partial charge in [0.2, 0.25) is 5.91 Å². The molecule has 0 radical (unpaired) electrons. The van der Waals surface area contributed by atoms with Crippen LogP contribution in [0, 0.1) is 20.8 Å². The first-order valence-electron chi connectivity index (χ1n) is 9.36. The Labute approximate surface area is 174 Å². The Kier molecular flexibility index (Phi) is 6.49. The van der Waals surface area contributed by atoms with Crippen LogP contribution in [0.5, 0.6) is 0 Å². The molecule has 0 aliphatic heterocycles. The molecule has 7 heteroatoms. The van der Waals surface area contributed by atoms with Gasteiger partial charge >= 0.3 is 5.97 Å². The second-order valence-corrected chi connectivity index (χ2v) is 7.80. The SMILES string of the molecule is CC(=O)N(c1nc(COC(=O)CCc2ccco2)cs1)c1c(C)cc(C)cc1C. The molecule has 2 heterocycles. The first kappa shape index (κ1) is 20.8. The standard InChI is InChI=1S/C22H24N2O4S/c1-14-10-15(2)21(16(3)11-14)24(17(4)25)22-23-18(13-29-22)12-28-20(26)8-7-19-6-5-9-27-19/h5-6,9-11,13H,7-8,12H2,1-4H3. The number of hydrogen-bond acceptors (Lipinski definition) is 6. The van der Waals surface area contributed by atoms with E-state index in [1.54, 1.807) is 17.2 Å². The average Bonchev–Trinajstić information content (AvgIpc) is 3.32. The van der Waals surface area contributed by atoms with E-state index in [2.05, 4.69) is 4.98 Å². The van der Waals surface area contributed by atoms with E-state index < -0.39 is 0 Å². The number of benzene rings is 1. The van der Waals surface area contributed by atoms with E-state index in [1.165, 1.54) is 18.3 Å². The number of furan rings is 1. The number of aromatic nitrogens is 1. The van der Waals surface area contributed by atoms with E-state index in [0.717, 1.165) is 28.1 Å². The number of esters is 1. The van der Waals surface area contributed by atoms with Crippen LogP contribution in [0.25, 0.3) is 0 Å². The van der Waals surface area contributed by atoms with Gasteiger partial charge in [0.25, 0.3) is 0 Å². The third-order valence-electron chi connectivity index (χ3n) is 4.44. The first-order chi connectivity index (χ1) is 13.8. The van der Waals surface area contributed by atoms with Crippen molar-refractivity contribution < 1.29 is 18.7 Å². The van der Waals surface area contributed by atoms with Crippen molar-refractivity contribution >= 4 is 34.0 Å². The maximum absolute atomic E-state index is 12.4. The summed E-state index contributed by atoms with van der Waals surface area (Å²) in [5, 5.41) is 2.37. The molecule has 0 unspecified atom stereocenters. The molecular formula is C22H24N2O4S. The van der Waals surface area contributed by atoms with E-state index >= 15 is 0 Å². The van der Waals surface area contributed by atoms with E-state index in [9.17, 15) is 9.59 Å². The van der Waals surface area contributed by atoms with E-state index in [1.807, 2.05) is 44.4 Å². The van der Waals surface area contributed by atoms with Crippen LogP contribution in [-0.2, 0) is 27.4 Å². The van der Waals surface area contributed by atoms with Gasteiger partial charge in [0.05, 0.1) is 24.1 Å². The van der Waals surface area contributed by atoms with Crippen molar-refractivity contribution in [3.63, 3.8) is 0 Å². The number of carbonyl (C=O) groups excluding carboxylic acids is 2. The molecule has 1 amide bonds. The molecule has 6 nitrogen and oxygen atoms in total. The number of hydrogen-bond donors (Lipinski definition) is 0. The molecule has 152 valence electrons. The lowest BCUT2D eigenvalue weighted by Crippen LogP contribution is -2.24. The van der Waals surface area contributed by atoms with Gasteiger partial charge in [-0.2, -0.15) is 0 Å². The summed E-state index contributed by atoms with van der Waals surface area (Å²) in [5.41, 5.74) is 4.63. The zero-order valence-corrected chi connectivity index (χ0v) is 17.8. The highest BCUT2D eigenvalue weighted by atomic mass is 32.1. The second kappa shape index (κ2) is 9.05. The summed E-state index contributed by atoms with van der Waals surface area (Å²) < 4.78 is 10.5. The van der Waals surface area contributed by atoms with Gasteiger partial charge in [-0.05, 0) is 44.0 Å². The average molecular weight is 413 g/mol. The molecule has 0 aliphatic rings. The molecule has 1 aromatic carbocycles. The molecule has 0 N–H and O–H groups in total. The normalized spacial score (nSPS) is 10.8. The predicted molar refractivity (Wildman–Crippen MR) is 112 cm³/mol. The highest BCUT2D eigenvalue weighted by molar-refractivity contribution is 7.14. The van der Waals surface area contributed by atoms with E-state index in [0.29, 0.717) is 17.2 Å². The van der Waals surface area contributed by atoms with E-state index in [-0.39, 0.29) is 24.9 Å². The Bertz CT molecular complexity index is 985. The van der Waals surface area contributed by atoms with Gasteiger partial charge in [0.15, 0.2) is 5.13 Å². The lowest BCUT2D eigenvalue weighted by molar-refractivity contribution is -0.145. The van der Waals surface area contributed by atoms with Crippen LogP contribution in [0.4, 0.5) is 10.8 Å². The van der Waals surface area contributed by atoms with Crippen molar-refractivity contribution in [3.05, 3.63) is 64.1 Å². The molecule has 0 spiro atoms. The van der Waals surface area contributed by atoms with Gasteiger partial charge in [0.1, 0.15) is 12.4 Å². The minimum Gasteiger partial charge on any atom is -0.469 e. The lowest BCUT2D eigenvalue weighted by atomic mass is 10.0. The highest BCUT2D eigenvalue weighted by Gasteiger charge is 2.22. The first-order valence-corrected chi connectivity index (χ1v) is 10.2. The summed E-state index contributed by atoms with van der Waals surface area (Å²) in [6.45, 7) is 7.60. The van der Waals surface area contributed by atoms with Crippen molar-refractivity contribution in [1.82, 2.24) is 4.98 Å². The number of anilines is 2. The molecule has 0 bridgehead atoms. The molecule has 2 aromatic heterocycles. The van der Waals surface area contributed by atoms with Crippen LogP contribution in [0.1, 0.15) is 41.5 Å². The fourth-order valence-corrected chi connectivity index (χ4v) is 4.14. The molecule has 0 aliphatic carbocycles. The number of rotatable bonds is 7. The second-order valence-electron chi connectivity index (χ2n) is 6.96. The Morgan fingerprint density at radius 3 is 2.55 bits per heavy atom.